The van der Waals surface area contributed by atoms with Crippen molar-refractivity contribution in [1.29, 1.82) is 0 Å². The lowest BCUT2D eigenvalue weighted by Crippen LogP contribution is -2.47. The van der Waals surface area contributed by atoms with Gasteiger partial charge in [0, 0.05) is 13.1 Å². The summed E-state index contributed by atoms with van der Waals surface area (Å²) < 4.78 is 0. The van der Waals surface area contributed by atoms with Crippen LogP contribution in [0, 0.1) is 0 Å². The molecule has 0 aromatic heterocycles. The van der Waals surface area contributed by atoms with E-state index in [1.807, 2.05) is 0 Å². The Labute approximate surface area is 81.4 Å². The molecule has 0 atom stereocenters. The molecule has 0 saturated heterocycles. The first-order valence-corrected chi connectivity index (χ1v) is 4.01. The zero-order chi connectivity index (χ0) is 9.40. The normalized spacial score (nSPS) is 9.00. The molecule has 0 aromatic rings. The van der Waals surface area contributed by atoms with Gasteiger partial charge in [0.1, 0.15) is 0 Å². The highest BCUT2D eigenvalue weighted by molar-refractivity contribution is 7.80. The van der Waals surface area contributed by atoms with Gasteiger partial charge in [-0.1, -0.05) is 0 Å². The fourth-order valence-electron chi connectivity index (χ4n) is 0.424. The van der Waals surface area contributed by atoms with E-state index in [9.17, 15) is 0 Å². The van der Waals surface area contributed by atoms with Gasteiger partial charge in [-0.25, -0.2) is 10.9 Å². The van der Waals surface area contributed by atoms with E-state index in [2.05, 4.69) is 46.1 Å². The van der Waals surface area contributed by atoms with Gasteiger partial charge < -0.3 is 11.5 Å². The Morgan fingerprint density at radius 3 is 1.50 bits per heavy atom. The topological polar surface area (TPSA) is 100 Å². The van der Waals surface area contributed by atoms with E-state index in [0.717, 1.165) is 0 Å². The van der Waals surface area contributed by atoms with Crippen molar-refractivity contribution >= 4 is 34.7 Å². The van der Waals surface area contributed by atoms with Gasteiger partial charge in [-0.3, -0.25) is 10.9 Å². The zero-order valence-electron chi connectivity index (χ0n) is 6.39. The SMILES string of the molecule is NC(=S)NNCCNNC(N)=S. The molecule has 0 rings (SSSR count). The summed E-state index contributed by atoms with van der Waals surface area (Å²) in [5.74, 6) is 0. The summed E-state index contributed by atoms with van der Waals surface area (Å²) in [4.78, 5) is 0. The summed E-state index contributed by atoms with van der Waals surface area (Å²) in [7, 11) is 0. The highest BCUT2D eigenvalue weighted by Crippen LogP contribution is 1.55. The van der Waals surface area contributed by atoms with Crippen molar-refractivity contribution in [2.45, 2.75) is 0 Å². The van der Waals surface area contributed by atoms with Crippen LogP contribution in [-0.2, 0) is 0 Å². The molecule has 70 valence electrons. The monoisotopic (exact) mass is 208 g/mol. The molecule has 0 amide bonds. The molecule has 0 aliphatic heterocycles. The number of rotatable bonds is 5. The molecular weight excluding hydrogens is 196 g/mol. The fraction of sp³-hybridized carbons (Fsp3) is 0.500. The van der Waals surface area contributed by atoms with Crippen molar-refractivity contribution in [2.75, 3.05) is 13.1 Å². The number of hydrogen-bond donors (Lipinski definition) is 6. The van der Waals surface area contributed by atoms with Crippen LogP contribution in [0.5, 0.6) is 0 Å². The van der Waals surface area contributed by atoms with Crippen LogP contribution in [0.4, 0.5) is 0 Å². The number of hydrogen-bond acceptors (Lipinski definition) is 4. The molecule has 0 bridgehead atoms. The van der Waals surface area contributed by atoms with E-state index in [1.54, 1.807) is 0 Å². The summed E-state index contributed by atoms with van der Waals surface area (Å²) in [5.41, 5.74) is 20.9. The molecule has 8 heteroatoms. The van der Waals surface area contributed by atoms with Gasteiger partial charge in [-0.05, 0) is 24.4 Å². The third-order valence-electron chi connectivity index (χ3n) is 0.798. The highest BCUT2D eigenvalue weighted by atomic mass is 32.1. The van der Waals surface area contributed by atoms with Gasteiger partial charge in [0.25, 0.3) is 0 Å². The molecule has 0 aliphatic rings. The molecule has 8 N–H and O–H groups in total. The van der Waals surface area contributed by atoms with Crippen molar-refractivity contribution in [3.63, 3.8) is 0 Å². The highest BCUT2D eigenvalue weighted by Gasteiger charge is 1.87. The maximum Gasteiger partial charge on any atom is 0.178 e. The predicted octanol–water partition coefficient (Wildman–Crippen LogP) is -2.34. The van der Waals surface area contributed by atoms with E-state index in [0.29, 0.717) is 13.1 Å². The van der Waals surface area contributed by atoms with Gasteiger partial charge in [-0.2, -0.15) is 0 Å². The minimum atomic E-state index is 0.206. The molecule has 0 spiro atoms. The summed E-state index contributed by atoms with van der Waals surface area (Å²) in [6, 6.07) is 0. The van der Waals surface area contributed by atoms with E-state index in [-0.39, 0.29) is 10.2 Å². The maximum atomic E-state index is 5.14. The molecule has 6 nitrogen and oxygen atoms in total. The van der Waals surface area contributed by atoms with Crippen LogP contribution in [0.2, 0.25) is 0 Å². The summed E-state index contributed by atoms with van der Waals surface area (Å²) in [5, 5.41) is 0.412. The second kappa shape index (κ2) is 6.98. The minimum Gasteiger partial charge on any atom is -0.375 e. The van der Waals surface area contributed by atoms with Gasteiger partial charge >= 0.3 is 0 Å². The third-order valence-corrected chi connectivity index (χ3v) is 1.00. The Bertz CT molecular complexity index is 142. The Morgan fingerprint density at radius 1 is 0.917 bits per heavy atom. The average Bonchev–Trinajstić information content (AvgIpc) is 1.95. The van der Waals surface area contributed by atoms with Crippen LogP contribution in [0.25, 0.3) is 0 Å². The molecule has 12 heavy (non-hydrogen) atoms. The lowest BCUT2D eigenvalue weighted by Gasteiger charge is -2.07. The van der Waals surface area contributed by atoms with Crippen molar-refractivity contribution in [2.24, 2.45) is 11.5 Å². The number of nitrogens with one attached hydrogen (secondary N) is 4. The van der Waals surface area contributed by atoms with Crippen LogP contribution in [0.1, 0.15) is 0 Å². The van der Waals surface area contributed by atoms with Crippen molar-refractivity contribution < 1.29 is 0 Å². The van der Waals surface area contributed by atoms with Crippen LogP contribution in [-0.4, -0.2) is 23.3 Å². The Balaban J connectivity index is 3.01. The molecule has 0 radical (unpaired) electrons. The molecule has 0 heterocycles. The Hall–Kier alpha value is -0.700. The predicted molar refractivity (Wildman–Crippen MR) is 55.8 cm³/mol. The molecular formula is C4H12N6S2. The number of hydrazine groups is 2. The van der Waals surface area contributed by atoms with Crippen molar-refractivity contribution in [3.8, 4) is 0 Å². The summed E-state index contributed by atoms with van der Waals surface area (Å²) in [6.45, 7) is 1.26. The molecule has 0 unspecified atom stereocenters. The molecule has 0 aromatic carbocycles. The van der Waals surface area contributed by atoms with Gasteiger partial charge in [-0.15, -0.1) is 0 Å². The van der Waals surface area contributed by atoms with Crippen molar-refractivity contribution in [1.82, 2.24) is 21.7 Å². The van der Waals surface area contributed by atoms with Gasteiger partial charge in [0.05, 0.1) is 0 Å². The number of nitrogens with two attached hydrogens (primary N) is 2. The van der Waals surface area contributed by atoms with Crippen molar-refractivity contribution in [3.05, 3.63) is 0 Å². The largest absolute Gasteiger partial charge is 0.375 e. The average molecular weight is 208 g/mol. The first kappa shape index (κ1) is 11.3. The first-order valence-electron chi connectivity index (χ1n) is 3.19. The van der Waals surface area contributed by atoms with Gasteiger partial charge in [0.2, 0.25) is 0 Å². The summed E-state index contributed by atoms with van der Waals surface area (Å²) in [6.07, 6.45) is 0. The van der Waals surface area contributed by atoms with E-state index < -0.39 is 0 Å². The lowest BCUT2D eigenvalue weighted by molar-refractivity contribution is 0.575. The fourth-order valence-corrected chi connectivity index (χ4v) is 0.569. The molecule has 0 saturated carbocycles. The van der Waals surface area contributed by atoms with Crippen LogP contribution in [0.3, 0.4) is 0 Å². The zero-order valence-corrected chi connectivity index (χ0v) is 8.02. The lowest BCUT2D eigenvalue weighted by atomic mass is 10.7. The van der Waals surface area contributed by atoms with E-state index in [4.69, 9.17) is 11.5 Å². The number of thiocarbonyl (C=S) groups is 2. The second-order valence-corrected chi connectivity index (χ2v) is 2.71. The Kier molecular flexibility index (Phi) is 6.57. The van der Waals surface area contributed by atoms with Crippen LogP contribution in [0.15, 0.2) is 0 Å². The van der Waals surface area contributed by atoms with E-state index in [1.165, 1.54) is 0 Å². The first-order chi connectivity index (χ1) is 5.63. The van der Waals surface area contributed by atoms with Crippen LogP contribution < -0.4 is 33.2 Å². The minimum absolute atomic E-state index is 0.206. The summed E-state index contributed by atoms with van der Waals surface area (Å²) >= 11 is 9.08. The molecule has 0 aliphatic carbocycles. The van der Waals surface area contributed by atoms with E-state index >= 15 is 0 Å². The standard InChI is InChI=1S/C4H12N6S2/c5-3(11)9-7-1-2-8-10-4(6)12/h7-8H,1-2H2,(H3,5,9,11)(H3,6,10,12). The smallest absolute Gasteiger partial charge is 0.178 e. The van der Waals surface area contributed by atoms with Gasteiger partial charge in [0.15, 0.2) is 10.2 Å². The second-order valence-electron chi connectivity index (χ2n) is 1.83. The molecule has 0 fully saturated rings. The quantitative estimate of drug-likeness (QED) is 0.170. The maximum absolute atomic E-state index is 5.14. The Morgan fingerprint density at radius 2 is 1.25 bits per heavy atom. The third kappa shape index (κ3) is 9.30. The van der Waals surface area contributed by atoms with Crippen LogP contribution >= 0.6 is 24.4 Å².